The quantitative estimate of drug-likeness (QED) is 0.906. The van der Waals surface area contributed by atoms with Crippen molar-refractivity contribution in [3.05, 3.63) is 21.9 Å². The van der Waals surface area contributed by atoms with Crippen LogP contribution in [0.25, 0.3) is 0 Å². The molecule has 2 heterocycles. The Balaban J connectivity index is 1.84. The summed E-state index contributed by atoms with van der Waals surface area (Å²) in [6.45, 7) is 4.31. The van der Waals surface area contributed by atoms with Gasteiger partial charge in [-0.2, -0.15) is 11.8 Å². The molecule has 1 saturated carbocycles. The van der Waals surface area contributed by atoms with Gasteiger partial charge in [0, 0.05) is 15.8 Å². The van der Waals surface area contributed by atoms with Crippen molar-refractivity contribution in [3.63, 3.8) is 0 Å². The molecule has 2 fully saturated rings. The molecule has 3 nitrogen and oxygen atoms in total. The first-order valence-corrected chi connectivity index (χ1v) is 9.44. The van der Waals surface area contributed by atoms with Crippen LogP contribution >= 0.6 is 23.1 Å². The van der Waals surface area contributed by atoms with Gasteiger partial charge in [-0.25, -0.2) is 0 Å². The van der Waals surface area contributed by atoms with Crippen LogP contribution in [0.5, 0.6) is 0 Å². The molecule has 2 unspecified atom stereocenters. The van der Waals surface area contributed by atoms with Crippen molar-refractivity contribution >= 4 is 29.0 Å². The second-order valence-electron chi connectivity index (χ2n) is 5.92. The summed E-state index contributed by atoms with van der Waals surface area (Å²) in [6, 6.07) is 4.62. The molecule has 5 heteroatoms. The minimum Gasteiger partial charge on any atom is -0.318 e. The third kappa shape index (κ3) is 2.40. The summed E-state index contributed by atoms with van der Waals surface area (Å²) < 4.78 is 0. The fraction of sp³-hybridized carbons (Fsp3) is 0.667. The maximum Gasteiger partial charge on any atom is 0.244 e. The Labute approximate surface area is 129 Å². The molecule has 0 bridgehead atoms. The number of hydrogen-bond acceptors (Lipinski definition) is 4. The van der Waals surface area contributed by atoms with E-state index in [1.165, 1.54) is 9.75 Å². The Morgan fingerprint density at radius 3 is 2.85 bits per heavy atom. The highest BCUT2D eigenvalue weighted by molar-refractivity contribution is 7.98. The van der Waals surface area contributed by atoms with E-state index < -0.39 is 0 Å². The van der Waals surface area contributed by atoms with Crippen molar-refractivity contribution in [2.45, 2.75) is 50.9 Å². The van der Waals surface area contributed by atoms with Gasteiger partial charge in [-0.1, -0.05) is 0 Å². The summed E-state index contributed by atoms with van der Waals surface area (Å²) in [6.07, 6.45) is 5.27. The number of carbonyl (C=O) groups is 1. The third-order valence-corrected chi connectivity index (χ3v) is 6.03. The number of nitrogens with zero attached hydrogens (tertiary/aromatic N) is 1. The molecule has 3 rings (SSSR count). The van der Waals surface area contributed by atoms with Crippen LogP contribution in [0.2, 0.25) is 0 Å². The summed E-state index contributed by atoms with van der Waals surface area (Å²) in [5.74, 6) is 1.43. The van der Waals surface area contributed by atoms with Gasteiger partial charge in [0.25, 0.3) is 0 Å². The topological polar surface area (TPSA) is 32.3 Å². The molecule has 1 aliphatic carbocycles. The van der Waals surface area contributed by atoms with E-state index in [2.05, 4.69) is 42.5 Å². The Hall–Kier alpha value is -0.520. The van der Waals surface area contributed by atoms with Crippen molar-refractivity contribution in [2.24, 2.45) is 0 Å². The number of thioether (sulfide) groups is 1. The number of carbonyl (C=O) groups excluding carboxylic acids is 1. The number of nitrogens with one attached hydrogen (secondary N) is 1. The Kier molecular flexibility index (Phi) is 3.86. The van der Waals surface area contributed by atoms with Crippen LogP contribution in [0.15, 0.2) is 12.1 Å². The number of rotatable bonds is 5. The molecule has 1 N–H and O–H groups in total. The summed E-state index contributed by atoms with van der Waals surface area (Å²) in [4.78, 5) is 17.4. The number of amides is 1. The van der Waals surface area contributed by atoms with Crippen LogP contribution in [0.4, 0.5) is 0 Å². The van der Waals surface area contributed by atoms with E-state index in [1.54, 1.807) is 11.3 Å². The first-order valence-electron chi connectivity index (χ1n) is 7.23. The van der Waals surface area contributed by atoms with Gasteiger partial charge in [0.1, 0.15) is 11.7 Å². The lowest BCUT2D eigenvalue weighted by molar-refractivity contribution is -0.132. The smallest absolute Gasteiger partial charge is 0.244 e. The Morgan fingerprint density at radius 2 is 2.30 bits per heavy atom. The first-order chi connectivity index (χ1) is 9.57. The highest BCUT2D eigenvalue weighted by atomic mass is 32.2. The standard InChI is InChI=1S/C15H22N2OS2/c1-10(6-9-19-3)17-13(12-5-4-11(2)20-12)16-15(7-8-15)14(17)18/h4-5,10,13,16H,6-9H2,1-3H3. The van der Waals surface area contributed by atoms with Gasteiger partial charge in [0.2, 0.25) is 5.91 Å². The Bertz CT molecular complexity index is 510. The zero-order valence-electron chi connectivity index (χ0n) is 12.3. The van der Waals surface area contributed by atoms with E-state index in [9.17, 15) is 4.79 Å². The molecule has 2 atom stereocenters. The van der Waals surface area contributed by atoms with E-state index in [0.29, 0.717) is 11.9 Å². The fourth-order valence-corrected chi connectivity index (χ4v) is 4.44. The minimum atomic E-state index is -0.226. The lowest BCUT2D eigenvalue weighted by Gasteiger charge is -2.29. The average molecular weight is 310 g/mol. The van der Waals surface area contributed by atoms with Crippen molar-refractivity contribution in [1.29, 1.82) is 0 Å². The predicted molar refractivity (Wildman–Crippen MR) is 86.2 cm³/mol. The molecule has 1 amide bonds. The zero-order valence-corrected chi connectivity index (χ0v) is 13.9. The van der Waals surface area contributed by atoms with E-state index in [1.807, 2.05) is 11.8 Å². The van der Waals surface area contributed by atoms with Gasteiger partial charge in [-0.05, 0) is 57.3 Å². The third-order valence-electron chi connectivity index (χ3n) is 4.33. The van der Waals surface area contributed by atoms with Crippen LogP contribution in [-0.4, -0.2) is 34.4 Å². The van der Waals surface area contributed by atoms with Crippen molar-refractivity contribution < 1.29 is 4.79 Å². The highest BCUT2D eigenvalue weighted by Crippen LogP contribution is 2.47. The number of thiophene rings is 1. The minimum absolute atomic E-state index is 0.0838. The van der Waals surface area contributed by atoms with Gasteiger partial charge >= 0.3 is 0 Å². The van der Waals surface area contributed by atoms with Crippen LogP contribution in [0, 0.1) is 6.92 Å². The lowest BCUT2D eigenvalue weighted by atomic mass is 10.2. The van der Waals surface area contributed by atoms with Gasteiger partial charge < -0.3 is 4.90 Å². The SMILES string of the molecule is CSCCC(C)N1C(=O)C2(CC2)NC1c1ccc(C)s1. The van der Waals surface area contributed by atoms with E-state index in [4.69, 9.17) is 0 Å². The fourth-order valence-electron chi connectivity index (χ4n) is 2.93. The maximum absolute atomic E-state index is 12.7. The van der Waals surface area contributed by atoms with Gasteiger partial charge in [0.15, 0.2) is 0 Å². The lowest BCUT2D eigenvalue weighted by Crippen LogP contribution is -2.39. The highest BCUT2D eigenvalue weighted by Gasteiger charge is 2.60. The number of aryl methyl sites for hydroxylation is 1. The van der Waals surface area contributed by atoms with Crippen LogP contribution in [-0.2, 0) is 4.79 Å². The van der Waals surface area contributed by atoms with Crippen molar-refractivity contribution in [3.8, 4) is 0 Å². The number of hydrogen-bond donors (Lipinski definition) is 1. The van der Waals surface area contributed by atoms with E-state index in [0.717, 1.165) is 25.0 Å². The molecule has 20 heavy (non-hydrogen) atoms. The molecule has 2 aliphatic rings. The molecule has 0 radical (unpaired) electrons. The summed E-state index contributed by atoms with van der Waals surface area (Å²) in [7, 11) is 0. The van der Waals surface area contributed by atoms with Crippen LogP contribution < -0.4 is 5.32 Å². The first kappa shape index (κ1) is 14.4. The Morgan fingerprint density at radius 1 is 1.55 bits per heavy atom. The summed E-state index contributed by atoms with van der Waals surface area (Å²) in [5.41, 5.74) is -0.226. The maximum atomic E-state index is 12.7. The molecule has 1 aliphatic heterocycles. The van der Waals surface area contributed by atoms with Crippen molar-refractivity contribution in [1.82, 2.24) is 10.2 Å². The molecule has 1 spiro atoms. The largest absolute Gasteiger partial charge is 0.318 e. The second kappa shape index (κ2) is 5.35. The van der Waals surface area contributed by atoms with E-state index >= 15 is 0 Å². The average Bonchev–Trinajstić information content (AvgIpc) is 2.99. The van der Waals surface area contributed by atoms with Crippen molar-refractivity contribution in [2.75, 3.05) is 12.0 Å². The predicted octanol–water partition coefficient (Wildman–Crippen LogP) is 3.16. The second-order valence-corrected chi connectivity index (χ2v) is 8.23. The molecule has 1 saturated heterocycles. The monoisotopic (exact) mass is 310 g/mol. The molecular weight excluding hydrogens is 288 g/mol. The molecule has 0 aromatic carbocycles. The molecule has 1 aromatic heterocycles. The van der Waals surface area contributed by atoms with E-state index in [-0.39, 0.29) is 11.7 Å². The molecule has 110 valence electrons. The normalized spacial score (nSPS) is 25.4. The van der Waals surface area contributed by atoms with Crippen LogP contribution in [0.1, 0.15) is 42.1 Å². The summed E-state index contributed by atoms with van der Waals surface area (Å²) >= 11 is 3.65. The molecular formula is C15H22N2OS2. The summed E-state index contributed by atoms with van der Waals surface area (Å²) in [5, 5.41) is 3.61. The van der Waals surface area contributed by atoms with Gasteiger partial charge in [-0.3, -0.25) is 10.1 Å². The zero-order chi connectivity index (χ0) is 14.3. The van der Waals surface area contributed by atoms with Gasteiger partial charge in [-0.15, -0.1) is 11.3 Å². The van der Waals surface area contributed by atoms with Crippen LogP contribution in [0.3, 0.4) is 0 Å². The van der Waals surface area contributed by atoms with Gasteiger partial charge in [0.05, 0.1) is 0 Å². The molecule has 1 aromatic rings.